The molecule has 1 nitrogen and oxygen atoms in total. The molecule has 5 aromatic rings. The van der Waals surface area contributed by atoms with Crippen LogP contribution < -0.4 is 15.9 Å². The molecular formula is C35H27OP. The lowest BCUT2D eigenvalue weighted by Gasteiger charge is -2.38. The Kier molecular flexibility index (Phi) is 6.08. The summed E-state index contributed by atoms with van der Waals surface area (Å²) in [4.78, 5) is 14.7. The molecule has 0 saturated carbocycles. The van der Waals surface area contributed by atoms with Gasteiger partial charge in [0, 0.05) is 10.9 Å². The first-order valence-electron chi connectivity index (χ1n) is 12.6. The quantitative estimate of drug-likeness (QED) is 0.192. The van der Waals surface area contributed by atoms with Crippen molar-refractivity contribution in [1.82, 2.24) is 0 Å². The van der Waals surface area contributed by atoms with Gasteiger partial charge in [-0.15, -0.1) is 0 Å². The molecule has 0 aliphatic carbocycles. The van der Waals surface area contributed by atoms with E-state index in [2.05, 4.69) is 116 Å². The van der Waals surface area contributed by atoms with Crippen LogP contribution in [-0.2, 0) is 0 Å². The number of carbonyl (C=O) groups excluding carboxylic acids is 1. The van der Waals surface area contributed by atoms with E-state index in [0.717, 1.165) is 27.6 Å². The van der Waals surface area contributed by atoms with Gasteiger partial charge in [0.2, 0.25) is 0 Å². The summed E-state index contributed by atoms with van der Waals surface area (Å²) < 4.78 is 0. The van der Waals surface area contributed by atoms with E-state index in [-0.39, 0.29) is 5.78 Å². The van der Waals surface area contributed by atoms with Crippen molar-refractivity contribution >= 4 is 39.4 Å². The highest BCUT2D eigenvalue weighted by molar-refractivity contribution is 7.97. The third-order valence-corrected chi connectivity index (χ3v) is 11.7. The Balaban J connectivity index is 1.88. The van der Waals surface area contributed by atoms with Crippen LogP contribution in [0.15, 0.2) is 151 Å². The van der Waals surface area contributed by atoms with Gasteiger partial charge in [-0.25, -0.2) is 0 Å². The van der Waals surface area contributed by atoms with Crippen LogP contribution >= 0.6 is 6.89 Å². The van der Waals surface area contributed by atoms with Crippen molar-refractivity contribution in [2.75, 3.05) is 0 Å². The Morgan fingerprint density at radius 1 is 0.541 bits per heavy atom. The van der Waals surface area contributed by atoms with E-state index in [4.69, 9.17) is 0 Å². The van der Waals surface area contributed by atoms with Gasteiger partial charge in [0.1, 0.15) is 0 Å². The topological polar surface area (TPSA) is 17.1 Å². The largest absolute Gasteiger partial charge is 0.289 e. The van der Waals surface area contributed by atoms with Crippen molar-refractivity contribution in [3.63, 3.8) is 0 Å². The lowest BCUT2D eigenvalue weighted by atomic mass is 9.90. The van der Waals surface area contributed by atoms with Gasteiger partial charge in [-0.2, -0.15) is 0 Å². The van der Waals surface area contributed by atoms with Crippen LogP contribution in [0.4, 0.5) is 0 Å². The van der Waals surface area contributed by atoms with Gasteiger partial charge in [-0.05, 0) is 52.0 Å². The summed E-state index contributed by atoms with van der Waals surface area (Å²) in [5, 5.41) is 4.53. The summed E-state index contributed by atoms with van der Waals surface area (Å²) in [6, 6.07) is 50.3. The van der Waals surface area contributed by atoms with Gasteiger partial charge in [-0.3, -0.25) is 4.79 Å². The van der Waals surface area contributed by atoms with Gasteiger partial charge >= 0.3 is 0 Å². The normalized spacial score (nSPS) is 14.2. The zero-order valence-electron chi connectivity index (χ0n) is 20.7. The number of Topliss-reactive ketones (excluding diaryl/α,β-unsaturated/α-hetero) is 1. The Labute approximate surface area is 218 Å². The SMILES string of the molecule is CC1=C(c2ccccc2)c2ccccc2P(c2ccccc2)(c2ccccc2)=C1C(=O)c1ccccc1. The molecule has 1 aliphatic rings. The van der Waals surface area contributed by atoms with Crippen LogP contribution in [0.1, 0.15) is 28.4 Å². The summed E-state index contributed by atoms with van der Waals surface area (Å²) >= 11 is 0. The minimum absolute atomic E-state index is 0.0991. The van der Waals surface area contributed by atoms with Crippen molar-refractivity contribution in [1.29, 1.82) is 0 Å². The van der Waals surface area contributed by atoms with Crippen molar-refractivity contribution in [2.45, 2.75) is 6.92 Å². The maximum Gasteiger partial charge on any atom is 0.194 e. The minimum Gasteiger partial charge on any atom is -0.289 e. The molecule has 0 unspecified atom stereocenters. The second-order valence-corrected chi connectivity index (χ2v) is 12.6. The number of benzene rings is 5. The summed E-state index contributed by atoms with van der Waals surface area (Å²) in [5.41, 5.74) is 5.25. The Hall–Kier alpha value is -4.19. The van der Waals surface area contributed by atoms with Crippen molar-refractivity contribution in [3.8, 4) is 0 Å². The molecule has 1 aliphatic heterocycles. The lowest BCUT2D eigenvalue weighted by Crippen LogP contribution is -2.38. The molecule has 6 rings (SSSR count). The van der Waals surface area contributed by atoms with Gasteiger partial charge in [0.15, 0.2) is 5.78 Å². The first kappa shape index (κ1) is 23.2. The predicted octanol–water partition coefficient (Wildman–Crippen LogP) is 6.87. The van der Waals surface area contributed by atoms with Crippen LogP contribution in [0, 0.1) is 0 Å². The predicted molar refractivity (Wildman–Crippen MR) is 159 cm³/mol. The molecule has 0 fully saturated rings. The van der Waals surface area contributed by atoms with E-state index >= 15 is 0 Å². The molecule has 0 amide bonds. The highest BCUT2D eigenvalue weighted by Gasteiger charge is 2.40. The van der Waals surface area contributed by atoms with Crippen LogP contribution in [0.3, 0.4) is 0 Å². The second-order valence-electron chi connectivity index (χ2n) is 9.27. The number of allylic oxidation sites excluding steroid dienone is 1. The van der Waals surface area contributed by atoms with Gasteiger partial charge < -0.3 is 0 Å². The standard InChI is InChI=1S/C35H27OP/c1-26-33(27-16-6-2-7-17-27)31-24-14-15-25-32(31)37(29-20-10-4-11-21-29,30-22-12-5-13-23-30)35(26)34(36)28-18-8-3-9-19-28/h2-25H,1H3. The lowest BCUT2D eigenvalue weighted by molar-refractivity contribution is 0.106. The van der Waals surface area contributed by atoms with E-state index in [9.17, 15) is 4.79 Å². The van der Waals surface area contributed by atoms with E-state index in [0.29, 0.717) is 0 Å². The fourth-order valence-electron chi connectivity index (χ4n) is 5.68. The fraction of sp³-hybridized carbons (Fsp3) is 0.0286. The molecule has 0 radical (unpaired) electrons. The third-order valence-electron chi connectivity index (χ3n) is 7.20. The first-order valence-corrected chi connectivity index (χ1v) is 14.4. The van der Waals surface area contributed by atoms with Gasteiger partial charge in [-0.1, -0.05) is 146 Å². The third kappa shape index (κ3) is 3.75. The fourth-order valence-corrected chi connectivity index (χ4v) is 10.4. The van der Waals surface area contributed by atoms with E-state index in [1.54, 1.807) is 0 Å². The number of rotatable bonds is 5. The molecule has 0 spiro atoms. The van der Waals surface area contributed by atoms with Gasteiger partial charge in [0.05, 0.1) is 0 Å². The summed E-state index contributed by atoms with van der Waals surface area (Å²) in [5.74, 6) is 0.0991. The molecule has 37 heavy (non-hydrogen) atoms. The molecule has 0 saturated heterocycles. The van der Waals surface area contributed by atoms with E-state index in [1.807, 2.05) is 36.4 Å². The van der Waals surface area contributed by atoms with Crippen LogP contribution in [0.5, 0.6) is 0 Å². The first-order chi connectivity index (χ1) is 18.2. The molecule has 0 N–H and O–H groups in total. The molecule has 0 atom stereocenters. The highest BCUT2D eigenvalue weighted by atomic mass is 31.2. The molecular weight excluding hydrogens is 467 g/mol. The van der Waals surface area contributed by atoms with Crippen molar-refractivity contribution in [3.05, 3.63) is 168 Å². The van der Waals surface area contributed by atoms with E-state index in [1.165, 1.54) is 21.5 Å². The van der Waals surface area contributed by atoms with Crippen LogP contribution in [-0.4, -0.2) is 11.1 Å². The van der Waals surface area contributed by atoms with Crippen molar-refractivity contribution < 1.29 is 4.79 Å². The summed E-state index contributed by atoms with van der Waals surface area (Å²) in [6.07, 6.45) is 0. The van der Waals surface area contributed by atoms with E-state index < -0.39 is 6.89 Å². The highest BCUT2D eigenvalue weighted by Crippen LogP contribution is 2.53. The minimum atomic E-state index is -2.52. The molecule has 0 bridgehead atoms. The average molecular weight is 495 g/mol. The monoisotopic (exact) mass is 494 g/mol. The Morgan fingerprint density at radius 3 is 1.57 bits per heavy atom. The number of hydrogen-bond acceptors (Lipinski definition) is 1. The van der Waals surface area contributed by atoms with Crippen LogP contribution in [0.25, 0.3) is 5.57 Å². The number of hydrogen-bond donors (Lipinski definition) is 0. The second kappa shape index (κ2) is 9.69. The molecule has 2 heteroatoms. The Bertz CT molecular complexity index is 1620. The maximum atomic E-state index is 14.7. The van der Waals surface area contributed by atoms with Gasteiger partial charge in [0.25, 0.3) is 0 Å². The maximum absolute atomic E-state index is 14.7. The van der Waals surface area contributed by atoms with Crippen LogP contribution in [0.2, 0.25) is 0 Å². The van der Waals surface area contributed by atoms with Crippen molar-refractivity contribution in [2.24, 2.45) is 0 Å². The molecule has 1 heterocycles. The zero-order valence-corrected chi connectivity index (χ0v) is 21.6. The molecule has 0 aromatic heterocycles. The number of carbonyl (C=O) groups is 1. The molecule has 178 valence electrons. The smallest absolute Gasteiger partial charge is 0.194 e. The summed E-state index contributed by atoms with van der Waals surface area (Å²) in [6.45, 7) is -0.373. The Morgan fingerprint density at radius 2 is 1.00 bits per heavy atom. The number of fused-ring (bicyclic) bond motifs is 1. The number of ketones is 1. The average Bonchev–Trinajstić information content (AvgIpc) is 2.98. The molecule has 5 aromatic carbocycles. The summed E-state index contributed by atoms with van der Waals surface area (Å²) in [7, 11) is 0. The zero-order chi connectivity index (χ0) is 25.2.